The van der Waals surface area contributed by atoms with Crippen LogP contribution < -0.4 is 15.3 Å². The molecular formula is C29H44N5O9P. The van der Waals surface area contributed by atoms with Gasteiger partial charge in [-0.1, -0.05) is 32.9 Å². The van der Waals surface area contributed by atoms with E-state index in [4.69, 9.17) is 29.0 Å². The average molecular weight is 638 g/mol. The zero-order valence-corrected chi connectivity index (χ0v) is 27.1. The Bertz CT molecular complexity index is 1370. The molecule has 0 bridgehead atoms. The quantitative estimate of drug-likeness (QED) is 0.0782. The summed E-state index contributed by atoms with van der Waals surface area (Å²) in [6.07, 6.45) is -4.09. The van der Waals surface area contributed by atoms with Gasteiger partial charge in [0.2, 0.25) is 0 Å². The number of hydrogen-bond donors (Lipinski definition) is 4. The van der Waals surface area contributed by atoms with Crippen LogP contribution in [0.3, 0.4) is 0 Å². The molecule has 2 heterocycles. The van der Waals surface area contributed by atoms with Crippen LogP contribution in [0, 0.1) is 0 Å². The number of aromatic nitrogens is 1. The van der Waals surface area contributed by atoms with Crippen molar-refractivity contribution < 1.29 is 42.8 Å². The van der Waals surface area contributed by atoms with E-state index in [1.54, 1.807) is 31.2 Å². The van der Waals surface area contributed by atoms with Crippen molar-refractivity contribution in [1.82, 2.24) is 9.76 Å². The number of nitrogens with two attached hydrogens (primary N) is 1. The van der Waals surface area contributed by atoms with E-state index in [0.29, 0.717) is 11.4 Å². The van der Waals surface area contributed by atoms with Gasteiger partial charge in [0, 0.05) is 20.9 Å². The molecule has 6 atom stereocenters. The van der Waals surface area contributed by atoms with Gasteiger partial charge in [0.25, 0.3) is 0 Å². The second-order valence-corrected chi connectivity index (χ2v) is 13.2. The Morgan fingerprint density at radius 3 is 2.45 bits per heavy atom. The van der Waals surface area contributed by atoms with E-state index < -0.39 is 50.3 Å². The van der Waals surface area contributed by atoms with Crippen molar-refractivity contribution in [2.24, 2.45) is 15.8 Å². The summed E-state index contributed by atoms with van der Waals surface area (Å²) >= 11 is 0. The van der Waals surface area contributed by atoms with Crippen LogP contribution in [-0.2, 0) is 39.1 Å². The lowest BCUT2D eigenvalue weighted by atomic mass is 9.87. The number of amidine groups is 1. The van der Waals surface area contributed by atoms with Gasteiger partial charge in [-0.2, -0.15) is 10.2 Å². The van der Waals surface area contributed by atoms with Gasteiger partial charge < -0.3 is 34.7 Å². The standard InChI is InChI=1S/C29H44N5O9P/c1-18(27(37)40-16-15-39-8)33-44(38,43-20-11-9-19(10-12-20)28(2,3)4)41-17-22-24(35)25(36)29(5,42-22)23-14-13-21(26(30)31-6)34(23)32-7/h9-14,18,22,24-25,35-36H,7,15-17H2,1-6,8H3,(H2,30,31)(H,33,38)/t18-,22+,24+,25+,29-,44?/m0/s1. The molecule has 2 aromatic rings. The first kappa shape index (κ1) is 35.4. The fourth-order valence-electron chi connectivity index (χ4n) is 4.65. The van der Waals surface area contributed by atoms with Gasteiger partial charge in [-0.15, -0.1) is 0 Å². The highest BCUT2D eigenvalue weighted by molar-refractivity contribution is 7.52. The molecule has 15 heteroatoms. The van der Waals surface area contributed by atoms with Gasteiger partial charge in [0.1, 0.15) is 53.8 Å². The van der Waals surface area contributed by atoms with E-state index in [0.717, 1.165) is 5.56 Å². The van der Waals surface area contributed by atoms with Crippen molar-refractivity contribution in [2.45, 2.75) is 70.0 Å². The number of aliphatic hydroxyl groups excluding tert-OH is 2. The molecule has 0 amide bonds. The molecule has 1 unspecified atom stereocenters. The number of methoxy groups -OCH3 is 1. The Morgan fingerprint density at radius 2 is 1.89 bits per heavy atom. The SMILES string of the molecule is C=Nn1c(/C(N)=N\C)ccc1[C@]1(C)O[C@H](COP(=O)(N[C@@H](C)C(=O)OCCOC)Oc2ccc(C(C)(C)C)cc2)[C@@H](O)[C@H]1O. The number of rotatable bonds is 14. The molecule has 14 nitrogen and oxygen atoms in total. The fraction of sp³-hybridized carbons (Fsp3) is 0.552. The van der Waals surface area contributed by atoms with E-state index >= 15 is 0 Å². The summed E-state index contributed by atoms with van der Waals surface area (Å²) in [6.45, 7) is 12.4. The Hall–Kier alpha value is -3.10. The van der Waals surface area contributed by atoms with E-state index in [9.17, 15) is 19.6 Å². The first-order valence-electron chi connectivity index (χ1n) is 14.0. The van der Waals surface area contributed by atoms with Crippen LogP contribution in [0.2, 0.25) is 0 Å². The Kier molecular flexibility index (Phi) is 11.5. The van der Waals surface area contributed by atoms with Crippen molar-refractivity contribution in [1.29, 1.82) is 0 Å². The number of hydrogen-bond acceptors (Lipinski definition) is 11. The van der Waals surface area contributed by atoms with Crippen molar-refractivity contribution >= 4 is 26.3 Å². The lowest BCUT2D eigenvalue weighted by Gasteiger charge is -2.28. The molecule has 1 fully saturated rings. The van der Waals surface area contributed by atoms with Gasteiger partial charge in [0.05, 0.1) is 18.9 Å². The zero-order chi connectivity index (χ0) is 32.9. The van der Waals surface area contributed by atoms with Crippen LogP contribution in [0.4, 0.5) is 0 Å². The molecular weight excluding hydrogens is 593 g/mol. The Balaban J connectivity index is 1.85. The zero-order valence-electron chi connectivity index (χ0n) is 26.2. The molecule has 1 saturated heterocycles. The minimum Gasteiger partial charge on any atom is -0.462 e. The largest absolute Gasteiger partial charge is 0.462 e. The smallest absolute Gasteiger partial charge is 0.459 e. The van der Waals surface area contributed by atoms with Gasteiger partial charge in [0.15, 0.2) is 0 Å². The lowest BCUT2D eigenvalue weighted by molar-refractivity contribution is -0.146. The Morgan fingerprint density at radius 1 is 1.23 bits per heavy atom. The molecule has 1 aliphatic rings. The van der Waals surface area contributed by atoms with Crippen LogP contribution in [-0.4, -0.2) is 91.7 Å². The fourth-order valence-corrected chi connectivity index (χ4v) is 6.15. The third-order valence-electron chi connectivity index (χ3n) is 7.27. The highest BCUT2D eigenvalue weighted by Crippen LogP contribution is 2.47. The first-order valence-corrected chi connectivity index (χ1v) is 15.6. The maximum absolute atomic E-state index is 14.1. The molecule has 3 rings (SSSR count). The number of aliphatic hydroxyl groups is 2. The van der Waals surface area contributed by atoms with Crippen LogP contribution in [0.25, 0.3) is 0 Å². The van der Waals surface area contributed by atoms with Crippen molar-refractivity contribution in [2.75, 3.05) is 34.0 Å². The summed E-state index contributed by atoms with van der Waals surface area (Å²) in [5, 5.41) is 28.6. The maximum Gasteiger partial charge on any atom is 0.459 e. The predicted octanol–water partition coefficient (Wildman–Crippen LogP) is 2.29. The van der Waals surface area contributed by atoms with Gasteiger partial charge in [-0.3, -0.25) is 14.3 Å². The predicted molar refractivity (Wildman–Crippen MR) is 165 cm³/mol. The second-order valence-electron chi connectivity index (χ2n) is 11.5. The third-order valence-corrected chi connectivity index (χ3v) is 8.91. The summed E-state index contributed by atoms with van der Waals surface area (Å²) in [7, 11) is -1.32. The molecule has 0 saturated carbocycles. The molecule has 5 N–H and O–H groups in total. The molecule has 0 aliphatic carbocycles. The minimum atomic E-state index is -4.31. The molecule has 1 aromatic heterocycles. The average Bonchev–Trinajstić information content (AvgIpc) is 3.51. The number of carbonyl (C=O) groups excluding carboxylic acids is 1. The molecule has 1 aromatic carbocycles. The normalized spacial score (nSPS) is 24.5. The van der Waals surface area contributed by atoms with Gasteiger partial charge in [-0.05, 0) is 49.1 Å². The number of nitrogens with zero attached hydrogens (tertiary/aromatic N) is 3. The second kappa shape index (κ2) is 14.3. The van der Waals surface area contributed by atoms with E-state index in [-0.39, 0.29) is 30.2 Å². The number of esters is 1. The highest BCUT2D eigenvalue weighted by Gasteiger charge is 2.54. The number of carbonyl (C=O) groups is 1. The molecule has 0 spiro atoms. The summed E-state index contributed by atoms with van der Waals surface area (Å²) in [5.41, 5.74) is 6.12. The van der Waals surface area contributed by atoms with E-state index in [2.05, 4.69) is 42.7 Å². The molecule has 44 heavy (non-hydrogen) atoms. The first-order chi connectivity index (χ1) is 20.6. The van der Waals surface area contributed by atoms with E-state index in [1.807, 2.05) is 12.1 Å². The monoisotopic (exact) mass is 637 g/mol. The van der Waals surface area contributed by atoms with Crippen molar-refractivity contribution in [3.05, 3.63) is 53.3 Å². The van der Waals surface area contributed by atoms with Gasteiger partial charge in [-0.25, -0.2) is 9.24 Å². The number of benzene rings is 1. The third kappa shape index (κ3) is 7.94. The minimum absolute atomic E-state index is 0.00101. The van der Waals surface area contributed by atoms with Crippen molar-refractivity contribution in [3.63, 3.8) is 0 Å². The van der Waals surface area contributed by atoms with E-state index in [1.165, 1.54) is 25.8 Å². The summed E-state index contributed by atoms with van der Waals surface area (Å²) in [6, 6.07) is 9.09. The highest BCUT2D eigenvalue weighted by atomic mass is 31.2. The molecule has 244 valence electrons. The Labute approximate surface area is 257 Å². The van der Waals surface area contributed by atoms with Crippen molar-refractivity contribution in [3.8, 4) is 5.75 Å². The molecule has 0 radical (unpaired) electrons. The van der Waals surface area contributed by atoms with Crippen LogP contribution in [0.5, 0.6) is 5.75 Å². The van der Waals surface area contributed by atoms with Crippen LogP contribution >= 0.6 is 7.75 Å². The summed E-state index contributed by atoms with van der Waals surface area (Å²) in [4.78, 5) is 16.5. The van der Waals surface area contributed by atoms with Gasteiger partial charge >= 0.3 is 13.7 Å². The maximum atomic E-state index is 14.1. The lowest BCUT2D eigenvalue weighted by Crippen LogP contribution is -2.40. The molecule has 1 aliphatic heterocycles. The number of nitrogens with one attached hydrogen (secondary N) is 1. The number of aliphatic imine (C=N–C) groups is 1. The summed E-state index contributed by atoms with van der Waals surface area (Å²) in [5.74, 6) is -0.319. The van der Waals surface area contributed by atoms with Crippen LogP contribution in [0.15, 0.2) is 46.5 Å². The van der Waals surface area contributed by atoms with Crippen LogP contribution in [0.1, 0.15) is 51.6 Å². The topological polar surface area (TPSA) is 188 Å². The number of ether oxygens (including phenoxy) is 3. The summed E-state index contributed by atoms with van der Waals surface area (Å²) < 4.78 is 43.1.